The maximum Gasteiger partial charge on any atom is 0.313 e. The molecule has 1 aromatic rings. The van der Waals surface area contributed by atoms with Crippen LogP contribution >= 0.6 is 0 Å². The molecule has 1 aliphatic heterocycles. The molecular weight excluding hydrogens is 318 g/mol. The number of amides is 1. The standard InChI is InChI=1S/C20H25NO4/c1-25-13-19(18(23)24)8-4-10-21(12-19)17(22)16-11-20(16)9-7-14-5-2-3-6-15(14)20/h2-3,5-6,16H,4,7-13H2,1H3,(H,23,24). The van der Waals surface area contributed by atoms with Crippen LogP contribution in [-0.2, 0) is 26.2 Å². The van der Waals surface area contributed by atoms with Crippen molar-refractivity contribution in [3.63, 3.8) is 0 Å². The Morgan fingerprint density at radius 1 is 1.32 bits per heavy atom. The lowest BCUT2D eigenvalue weighted by molar-refractivity contribution is -0.159. The van der Waals surface area contributed by atoms with Crippen LogP contribution in [-0.4, -0.2) is 48.7 Å². The van der Waals surface area contributed by atoms with Crippen LogP contribution in [0, 0.1) is 11.3 Å². The highest BCUT2D eigenvalue weighted by molar-refractivity contribution is 5.86. The van der Waals surface area contributed by atoms with Crippen LogP contribution in [0.15, 0.2) is 24.3 Å². The van der Waals surface area contributed by atoms with Gasteiger partial charge in [-0.15, -0.1) is 0 Å². The first kappa shape index (κ1) is 16.6. The Labute approximate surface area is 148 Å². The van der Waals surface area contributed by atoms with Crippen molar-refractivity contribution in [2.75, 3.05) is 26.8 Å². The van der Waals surface area contributed by atoms with Gasteiger partial charge in [0.15, 0.2) is 0 Å². The fraction of sp³-hybridized carbons (Fsp3) is 0.600. The number of benzene rings is 1. The van der Waals surface area contributed by atoms with Crippen LogP contribution < -0.4 is 0 Å². The molecule has 2 fully saturated rings. The highest BCUT2D eigenvalue weighted by Gasteiger charge is 2.62. The Balaban J connectivity index is 1.52. The molecular formula is C20H25NO4. The number of carboxylic acid groups (broad SMARTS) is 1. The molecule has 1 aromatic carbocycles. The van der Waals surface area contributed by atoms with Gasteiger partial charge in [-0.3, -0.25) is 9.59 Å². The fourth-order valence-corrected chi connectivity index (χ4v) is 5.09. The van der Waals surface area contributed by atoms with Gasteiger partial charge >= 0.3 is 5.97 Å². The van der Waals surface area contributed by atoms with Crippen molar-refractivity contribution in [1.29, 1.82) is 0 Å². The van der Waals surface area contributed by atoms with Crippen molar-refractivity contribution >= 4 is 11.9 Å². The summed E-state index contributed by atoms with van der Waals surface area (Å²) in [7, 11) is 1.52. The van der Waals surface area contributed by atoms with Crippen molar-refractivity contribution in [1.82, 2.24) is 4.90 Å². The number of aliphatic carboxylic acids is 1. The van der Waals surface area contributed by atoms with E-state index >= 15 is 0 Å². The third-order valence-electron chi connectivity index (χ3n) is 6.53. The molecule has 1 saturated heterocycles. The SMILES string of the molecule is COCC1(C(=O)O)CCCN(C(=O)C2CC23CCc2ccccc23)C1. The number of likely N-dealkylation sites (tertiary alicyclic amines) is 1. The normalized spacial score (nSPS) is 33.3. The molecule has 3 aliphatic rings. The van der Waals surface area contributed by atoms with Gasteiger partial charge in [-0.25, -0.2) is 0 Å². The Kier molecular flexibility index (Phi) is 3.87. The highest BCUT2D eigenvalue weighted by atomic mass is 16.5. The fourth-order valence-electron chi connectivity index (χ4n) is 5.09. The molecule has 5 heteroatoms. The molecule has 1 spiro atoms. The zero-order valence-corrected chi connectivity index (χ0v) is 14.7. The zero-order chi connectivity index (χ0) is 17.7. The van der Waals surface area contributed by atoms with Gasteiger partial charge < -0.3 is 14.7 Å². The summed E-state index contributed by atoms with van der Waals surface area (Å²) in [6, 6.07) is 8.45. The summed E-state index contributed by atoms with van der Waals surface area (Å²) in [5.41, 5.74) is 1.76. The molecule has 3 atom stereocenters. The molecule has 25 heavy (non-hydrogen) atoms. The minimum atomic E-state index is -0.960. The molecule has 1 heterocycles. The number of aryl methyl sites for hydroxylation is 1. The molecule has 3 unspecified atom stereocenters. The maximum absolute atomic E-state index is 13.1. The number of rotatable bonds is 4. The lowest BCUT2D eigenvalue weighted by atomic mass is 9.80. The van der Waals surface area contributed by atoms with Crippen LogP contribution in [0.5, 0.6) is 0 Å². The largest absolute Gasteiger partial charge is 0.481 e. The highest BCUT2D eigenvalue weighted by Crippen LogP contribution is 2.62. The number of carbonyl (C=O) groups is 2. The number of piperidine rings is 1. The molecule has 0 aromatic heterocycles. The van der Waals surface area contributed by atoms with Crippen molar-refractivity contribution in [3.8, 4) is 0 Å². The van der Waals surface area contributed by atoms with E-state index in [-0.39, 0.29) is 30.4 Å². The molecule has 0 bridgehead atoms. The van der Waals surface area contributed by atoms with E-state index in [4.69, 9.17) is 4.74 Å². The maximum atomic E-state index is 13.1. The van der Waals surface area contributed by atoms with E-state index in [1.807, 2.05) is 0 Å². The topological polar surface area (TPSA) is 66.8 Å². The predicted molar refractivity (Wildman–Crippen MR) is 92.3 cm³/mol. The number of hydrogen-bond donors (Lipinski definition) is 1. The number of hydrogen-bond acceptors (Lipinski definition) is 3. The minimum absolute atomic E-state index is 0.0122. The van der Waals surface area contributed by atoms with E-state index in [0.717, 1.165) is 25.7 Å². The van der Waals surface area contributed by atoms with Gasteiger partial charge in [-0.05, 0) is 43.2 Å². The molecule has 0 radical (unpaired) electrons. The first-order valence-electron chi connectivity index (χ1n) is 9.12. The molecule has 1 N–H and O–H groups in total. The predicted octanol–water partition coefficient (Wildman–Crippen LogP) is 2.23. The van der Waals surface area contributed by atoms with E-state index in [1.165, 1.54) is 18.2 Å². The molecule has 4 rings (SSSR count). The van der Waals surface area contributed by atoms with Gasteiger partial charge in [0.05, 0.1) is 6.61 Å². The summed E-state index contributed by atoms with van der Waals surface area (Å²) in [4.78, 5) is 26.7. The smallest absolute Gasteiger partial charge is 0.313 e. The molecule has 2 aliphatic carbocycles. The Hall–Kier alpha value is -1.88. The van der Waals surface area contributed by atoms with Gasteiger partial charge in [0.25, 0.3) is 0 Å². The first-order chi connectivity index (χ1) is 12.0. The van der Waals surface area contributed by atoms with E-state index in [0.29, 0.717) is 13.0 Å². The van der Waals surface area contributed by atoms with E-state index in [1.54, 1.807) is 4.90 Å². The first-order valence-corrected chi connectivity index (χ1v) is 9.12. The summed E-state index contributed by atoms with van der Waals surface area (Å²) in [6.45, 7) is 1.08. The summed E-state index contributed by atoms with van der Waals surface area (Å²) in [5, 5.41) is 9.69. The quantitative estimate of drug-likeness (QED) is 0.910. The molecule has 1 amide bonds. The van der Waals surface area contributed by atoms with Crippen molar-refractivity contribution < 1.29 is 19.4 Å². The van der Waals surface area contributed by atoms with Crippen LogP contribution in [0.4, 0.5) is 0 Å². The van der Waals surface area contributed by atoms with Gasteiger partial charge in [0.1, 0.15) is 5.41 Å². The zero-order valence-electron chi connectivity index (χ0n) is 14.7. The van der Waals surface area contributed by atoms with E-state index in [9.17, 15) is 14.7 Å². The van der Waals surface area contributed by atoms with E-state index in [2.05, 4.69) is 24.3 Å². The number of methoxy groups -OCH3 is 1. The molecule has 1 saturated carbocycles. The second-order valence-corrected chi connectivity index (χ2v) is 7.95. The van der Waals surface area contributed by atoms with Crippen LogP contribution in [0.2, 0.25) is 0 Å². The molecule has 5 nitrogen and oxygen atoms in total. The van der Waals surface area contributed by atoms with Crippen LogP contribution in [0.1, 0.15) is 36.8 Å². The summed E-state index contributed by atoms with van der Waals surface area (Å²) in [6.07, 6.45) is 4.28. The average Bonchev–Trinajstić information content (AvgIpc) is 3.23. The van der Waals surface area contributed by atoms with E-state index < -0.39 is 11.4 Å². The van der Waals surface area contributed by atoms with Crippen molar-refractivity contribution in [2.45, 2.75) is 37.5 Å². The van der Waals surface area contributed by atoms with Gasteiger partial charge in [-0.2, -0.15) is 0 Å². The lowest BCUT2D eigenvalue weighted by Gasteiger charge is -2.39. The second kappa shape index (κ2) is 5.84. The third-order valence-corrected chi connectivity index (χ3v) is 6.53. The average molecular weight is 343 g/mol. The monoisotopic (exact) mass is 343 g/mol. The molecule has 134 valence electrons. The Morgan fingerprint density at radius 2 is 2.12 bits per heavy atom. The van der Waals surface area contributed by atoms with Crippen LogP contribution in [0.3, 0.4) is 0 Å². The lowest BCUT2D eigenvalue weighted by Crippen LogP contribution is -2.52. The minimum Gasteiger partial charge on any atom is -0.481 e. The van der Waals surface area contributed by atoms with Gasteiger partial charge in [0.2, 0.25) is 5.91 Å². The number of fused-ring (bicyclic) bond motifs is 2. The van der Waals surface area contributed by atoms with Crippen molar-refractivity contribution in [2.24, 2.45) is 11.3 Å². The summed E-state index contributed by atoms with van der Waals surface area (Å²) < 4.78 is 5.17. The summed E-state index contributed by atoms with van der Waals surface area (Å²) >= 11 is 0. The number of nitrogens with zero attached hydrogens (tertiary/aromatic N) is 1. The number of ether oxygens (including phenoxy) is 1. The third kappa shape index (κ3) is 2.48. The Bertz CT molecular complexity index is 713. The Morgan fingerprint density at radius 3 is 2.88 bits per heavy atom. The second-order valence-electron chi connectivity index (χ2n) is 7.95. The van der Waals surface area contributed by atoms with Crippen molar-refractivity contribution in [3.05, 3.63) is 35.4 Å². The van der Waals surface area contributed by atoms with Gasteiger partial charge in [-0.1, -0.05) is 24.3 Å². The summed E-state index contributed by atoms with van der Waals surface area (Å²) in [5.74, 6) is -0.704. The number of carboxylic acids is 1. The van der Waals surface area contributed by atoms with Gasteiger partial charge in [0, 0.05) is 31.5 Å². The van der Waals surface area contributed by atoms with Crippen LogP contribution in [0.25, 0.3) is 0 Å². The number of carbonyl (C=O) groups excluding carboxylic acids is 1.